The number of nitrogens with one attached hydrogen (secondary N) is 1. The van der Waals surface area contributed by atoms with Crippen LogP contribution in [0, 0.1) is 0 Å². The first-order chi connectivity index (χ1) is 11.1. The van der Waals surface area contributed by atoms with Gasteiger partial charge < -0.3 is 10.4 Å². The number of amides is 1. The van der Waals surface area contributed by atoms with Gasteiger partial charge in [0.15, 0.2) is 5.69 Å². The number of aromatic nitrogens is 2. The highest BCUT2D eigenvalue weighted by Gasteiger charge is 2.37. The predicted octanol–water partition coefficient (Wildman–Crippen LogP) is 2.39. The van der Waals surface area contributed by atoms with Crippen molar-refractivity contribution in [2.75, 3.05) is 0 Å². The van der Waals surface area contributed by atoms with Crippen LogP contribution >= 0.6 is 0 Å². The summed E-state index contributed by atoms with van der Waals surface area (Å²) in [7, 11) is 0. The van der Waals surface area contributed by atoms with Gasteiger partial charge >= 0.3 is 5.97 Å². The molecule has 2 aromatic rings. The smallest absolute Gasteiger partial charge is 0.305 e. The van der Waals surface area contributed by atoms with Gasteiger partial charge in [0.25, 0.3) is 5.91 Å². The summed E-state index contributed by atoms with van der Waals surface area (Å²) in [5, 5.41) is 16.3. The maximum Gasteiger partial charge on any atom is 0.305 e. The summed E-state index contributed by atoms with van der Waals surface area (Å²) in [6.45, 7) is 0. The minimum Gasteiger partial charge on any atom is -0.481 e. The molecule has 0 atom stereocenters. The lowest BCUT2D eigenvalue weighted by molar-refractivity contribution is -0.138. The van der Waals surface area contributed by atoms with E-state index in [1.165, 1.54) is 0 Å². The van der Waals surface area contributed by atoms with Crippen LogP contribution < -0.4 is 5.32 Å². The number of carboxylic acid groups (broad SMARTS) is 1. The lowest BCUT2D eigenvalue weighted by Gasteiger charge is -2.28. The molecule has 1 aliphatic rings. The van der Waals surface area contributed by atoms with Crippen LogP contribution in [-0.4, -0.2) is 32.3 Å². The summed E-state index contributed by atoms with van der Waals surface area (Å²) >= 11 is 0. The van der Waals surface area contributed by atoms with E-state index < -0.39 is 11.5 Å². The highest BCUT2D eigenvalue weighted by molar-refractivity contribution is 5.93. The lowest BCUT2D eigenvalue weighted by atomic mass is 9.93. The SMILES string of the molecule is O=C(O)CC1(NC(=O)c2ccn(-c3ccccc3)n2)CCCC1. The second-order valence-corrected chi connectivity index (χ2v) is 5.99. The largest absolute Gasteiger partial charge is 0.481 e. The number of para-hydroxylation sites is 1. The molecule has 120 valence electrons. The molecular weight excluding hydrogens is 294 g/mol. The molecular formula is C17H19N3O3. The Hall–Kier alpha value is -2.63. The van der Waals surface area contributed by atoms with E-state index >= 15 is 0 Å². The van der Waals surface area contributed by atoms with Crippen LogP contribution in [0.15, 0.2) is 42.6 Å². The van der Waals surface area contributed by atoms with Gasteiger partial charge in [-0.1, -0.05) is 31.0 Å². The zero-order chi connectivity index (χ0) is 16.3. The van der Waals surface area contributed by atoms with Crippen LogP contribution in [-0.2, 0) is 4.79 Å². The molecule has 1 aliphatic carbocycles. The molecule has 1 aromatic carbocycles. The van der Waals surface area contributed by atoms with Crippen LogP contribution in [0.1, 0.15) is 42.6 Å². The van der Waals surface area contributed by atoms with Crippen molar-refractivity contribution in [2.45, 2.75) is 37.6 Å². The Labute approximate surface area is 134 Å². The van der Waals surface area contributed by atoms with E-state index in [1.54, 1.807) is 16.9 Å². The summed E-state index contributed by atoms with van der Waals surface area (Å²) in [5.74, 6) is -1.20. The molecule has 0 bridgehead atoms. The maximum atomic E-state index is 12.5. The average Bonchev–Trinajstić information content (AvgIpc) is 3.17. The summed E-state index contributed by atoms with van der Waals surface area (Å²) in [6.07, 6.45) is 4.95. The summed E-state index contributed by atoms with van der Waals surface area (Å²) < 4.78 is 1.63. The highest BCUT2D eigenvalue weighted by atomic mass is 16.4. The van der Waals surface area contributed by atoms with Gasteiger partial charge in [-0.05, 0) is 31.0 Å². The van der Waals surface area contributed by atoms with E-state index in [1.807, 2.05) is 30.3 Å². The topological polar surface area (TPSA) is 84.2 Å². The second kappa shape index (κ2) is 6.24. The molecule has 1 fully saturated rings. The molecule has 6 nitrogen and oxygen atoms in total. The standard InChI is InChI=1S/C17H19N3O3/c21-15(22)12-17(9-4-5-10-17)18-16(23)14-8-11-20(19-14)13-6-2-1-3-7-13/h1-3,6-8,11H,4-5,9-10,12H2,(H,18,23)(H,21,22). The van der Waals surface area contributed by atoms with E-state index in [4.69, 9.17) is 5.11 Å². The van der Waals surface area contributed by atoms with Gasteiger partial charge in [-0.15, -0.1) is 0 Å². The molecule has 2 N–H and O–H groups in total. The molecule has 3 rings (SSSR count). The normalized spacial score (nSPS) is 16.2. The Morgan fingerprint density at radius 1 is 1.17 bits per heavy atom. The maximum absolute atomic E-state index is 12.5. The van der Waals surface area contributed by atoms with Gasteiger partial charge in [-0.2, -0.15) is 5.10 Å². The fraction of sp³-hybridized carbons (Fsp3) is 0.353. The summed E-state index contributed by atoms with van der Waals surface area (Å²) in [5.41, 5.74) is 0.526. The fourth-order valence-electron chi connectivity index (χ4n) is 3.16. The predicted molar refractivity (Wildman–Crippen MR) is 84.5 cm³/mol. The van der Waals surface area contributed by atoms with Crippen LogP contribution in [0.2, 0.25) is 0 Å². The van der Waals surface area contributed by atoms with E-state index in [-0.39, 0.29) is 12.3 Å². The second-order valence-electron chi connectivity index (χ2n) is 5.99. The minimum atomic E-state index is -0.887. The third-order valence-corrected chi connectivity index (χ3v) is 4.27. The molecule has 1 amide bonds. The number of carbonyl (C=O) groups excluding carboxylic acids is 1. The monoisotopic (exact) mass is 313 g/mol. The fourth-order valence-corrected chi connectivity index (χ4v) is 3.16. The summed E-state index contributed by atoms with van der Waals surface area (Å²) in [6, 6.07) is 11.2. The Morgan fingerprint density at radius 2 is 1.87 bits per heavy atom. The zero-order valence-electron chi connectivity index (χ0n) is 12.7. The van der Waals surface area contributed by atoms with Crippen molar-refractivity contribution < 1.29 is 14.7 Å². The highest BCUT2D eigenvalue weighted by Crippen LogP contribution is 2.32. The first-order valence-electron chi connectivity index (χ1n) is 7.73. The van der Waals surface area contributed by atoms with Crippen LogP contribution in [0.5, 0.6) is 0 Å². The van der Waals surface area contributed by atoms with Crippen molar-refractivity contribution in [3.63, 3.8) is 0 Å². The van der Waals surface area contributed by atoms with Crippen molar-refractivity contribution in [1.29, 1.82) is 0 Å². The van der Waals surface area contributed by atoms with Gasteiger partial charge in [0, 0.05) is 6.20 Å². The van der Waals surface area contributed by atoms with Crippen molar-refractivity contribution in [3.05, 3.63) is 48.3 Å². The molecule has 0 unspecified atom stereocenters. The van der Waals surface area contributed by atoms with Crippen molar-refractivity contribution >= 4 is 11.9 Å². The molecule has 1 heterocycles. The quantitative estimate of drug-likeness (QED) is 0.887. The number of aliphatic carboxylic acids is 1. The number of rotatable bonds is 5. The van der Waals surface area contributed by atoms with E-state index in [2.05, 4.69) is 10.4 Å². The van der Waals surface area contributed by atoms with Gasteiger partial charge in [0.05, 0.1) is 17.6 Å². The average molecular weight is 313 g/mol. The van der Waals surface area contributed by atoms with E-state index in [9.17, 15) is 9.59 Å². The Kier molecular flexibility index (Phi) is 4.14. The van der Waals surface area contributed by atoms with Crippen molar-refractivity contribution in [3.8, 4) is 5.69 Å². The van der Waals surface area contributed by atoms with Crippen LogP contribution in [0.3, 0.4) is 0 Å². The Bertz CT molecular complexity index is 703. The Balaban J connectivity index is 1.76. The Morgan fingerprint density at radius 3 is 2.52 bits per heavy atom. The third-order valence-electron chi connectivity index (χ3n) is 4.27. The van der Waals surface area contributed by atoms with Crippen LogP contribution in [0.4, 0.5) is 0 Å². The zero-order valence-corrected chi connectivity index (χ0v) is 12.7. The van der Waals surface area contributed by atoms with Crippen molar-refractivity contribution in [1.82, 2.24) is 15.1 Å². The van der Waals surface area contributed by atoms with Gasteiger partial charge in [0.2, 0.25) is 0 Å². The number of nitrogens with zero attached hydrogens (tertiary/aromatic N) is 2. The number of carbonyl (C=O) groups is 2. The molecule has 0 radical (unpaired) electrons. The van der Waals surface area contributed by atoms with Crippen molar-refractivity contribution in [2.24, 2.45) is 0 Å². The number of carboxylic acids is 1. The molecule has 0 aliphatic heterocycles. The molecule has 6 heteroatoms. The van der Waals surface area contributed by atoms with Gasteiger partial charge in [0.1, 0.15) is 0 Å². The number of hydrogen-bond acceptors (Lipinski definition) is 3. The molecule has 1 saturated carbocycles. The minimum absolute atomic E-state index is 0.0435. The van der Waals surface area contributed by atoms with E-state index in [0.717, 1.165) is 18.5 Å². The number of hydrogen-bond donors (Lipinski definition) is 2. The number of benzene rings is 1. The lowest BCUT2D eigenvalue weighted by Crippen LogP contribution is -2.48. The first kappa shape index (κ1) is 15.3. The van der Waals surface area contributed by atoms with Crippen LogP contribution in [0.25, 0.3) is 5.69 Å². The molecule has 0 saturated heterocycles. The molecule has 1 aromatic heterocycles. The molecule has 0 spiro atoms. The first-order valence-corrected chi connectivity index (χ1v) is 7.73. The molecule has 23 heavy (non-hydrogen) atoms. The van der Waals surface area contributed by atoms with Gasteiger partial charge in [-0.25, -0.2) is 4.68 Å². The van der Waals surface area contributed by atoms with E-state index in [0.29, 0.717) is 18.5 Å². The van der Waals surface area contributed by atoms with Gasteiger partial charge in [-0.3, -0.25) is 9.59 Å². The third kappa shape index (κ3) is 3.41. The summed E-state index contributed by atoms with van der Waals surface area (Å²) in [4.78, 5) is 23.5.